The summed E-state index contributed by atoms with van der Waals surface area (Å²) in [5.41, 5.74) is 2.66. The van der Waals surface area contributed by atoms with E-state index in [-0.39, 0.29) is 10.6 Å². The Morgan fingerprint density at radius 1 is 1.09 bits per heavy atom. The molecule has 0 spiro atoms. The van der Waals surface area contributed by atoms with Crippen LogP contribution in [0.2, 0.25) is 0 Å². The summed E-state index contributed by atoms with van der Waals surface area (Å²) < 4.78 is 10.5. The Labute approximate surface area is 135 Å². The molecule has 0 amide bonds. The zero-order chi connectivity index (χ0) is 16.8. The third-order valence-corrected chi connectivity index (χ3v) is 3.53. The summed E-state index contributed by atoms with van der Waals surface area (Å²) in [6, 6.07) is 10.8. The monoisotopic (exact) mass is 316 g/mol. The van der Waals surface area contributed by atoms with Crippen molar-refractivity contribution >= 4 is 11.4 Å². The zero-order valence-corrected chi connectivity index (χ0v) is 13.5. The highest BCUT2D eigenvalue weighted by Crippen LogP contribution is 2.28. The first-order chi connectivity index (χ1) is 11.0. The van der Waals surface area contributed by atoms with Crippen molar-refractivity contribution < 1.29 is 14.4 Å². The van der Waals surface area contributed by atoms with Crippen molar-refractivity contribution in [3.05, 3.63) is 57.6 Å². The van der Waals surface area contributed by atoms with E-state index in [2.05, 4.69) is 5.32 Å². The smallest absolute Gasteiger partial charge is 0.292 e. The van der Waals surface area contributed by atoms with Crippen LogP contribution in [0.15, 0.2) is 36.4 Å². The Bertz CT molecular complexity index is 701. The molecule has 0 saturated heterocycles. The molecule has 2 aromatic carbocycles. The predicted molar refractivity (Wildman–Crippen MR) is 89.6 cm³/mol. The van der Waals surface area contributed by atoms with Gasteiger partial charge < -0.3 is 14.8 Å². The maximum atomic E-state index is 11.1. The van der Waals surface area contributed by atoms with Crippen LogP contribution in [0.5, 0.6) is 11.5 Å². The van der Waals surface area contributed by atoms with Crippen LogP contribution in [0, 0.1) is 17.0 Å². The number of benzene rings is 2. The van der Waals surface area contributed by atoms with Gasteiger partial charge in [-0.25, -0.2) is 0 Å². The van der Waals surface area contributed by atoms with Gasteiger partial charge >= 0.3 is 0 Å². The van der Waals surface area contributed by atoms with E-state index < -0.39 is 0 Å². The molecular weight excluding hydrogens is 296 g/mol. The summed E-state index contributed by atoms with van der Waals surface area (Å²) in [4.78, 5) is 10.7. The van der Waals surface area contributed by atoms with E-state index in [0.717, 1.165) is 11.1 Å². The van der Waals surface area contributed by atoms with Gasteiger partial charge in [0.15, 0.2) is 11.5 Å². The van der Waals surface area contributed by atoms with Gasteiger partial charge in [-0.3, -0.25) is 10.1 Å². The van der Waals surface area contributed by atoms with E-state index in [1.165, 1.54) is 6.07 Å². The van der Waals surface area contributed by atoms with Crippen LogP contribution in [0.3, 0.4) is 0 Å². The maximum Gasteiger partial charge on any atom is 0.292 e. The summed E-state index contributed by atoms with van der Waals surface area (Å²) in [6.45, 7) is 2.49. The lowest BCUT2D eigenvalue weighted by Gasteiger charge is -2.11. The third-order valence-electron chi connectivity index (χ3n) is 3.53. The maximum absolute atomic E-state index is 11.1. The number of nitrogens with zero attached hydrogens (tertiary/aromatic N) is 1. The molecule has 0 aliphatic carbocycles. The van der Waals surface area contributed by atoms with Crippen molar-refractivity contribution in [2.24, 2.45) is 0 Å². The Hall–Kier alpha value is -2.76. The molecule has 0 heterocycles. The molecule has 0 fully saturated rings. The molecule has 2 aromatic rings. The molecule has 0 atom stereocenters. The standard InChI is InChI=1S/C17H20N2O4/c1-12-4-6-15(19(20)21)14(10-12)18-9-8-13-5-7-16(22-2)17(11-13)23-3/h4-7,10-11,18H,8-9H2,1-3H3. The van der Waals surface area contributed by atoms with Crippen LogP contribution in [-0.2, 0) is 6.42 Å². The molecule has 0 bridgehead atoms. The zero-order valence-electron chi connectivity index (χ0n) is 13.5. The van der Waals surface area contributed by atoms with Gasteiger partial charge in [0, 0.05) is 12.6 Å². The number of nitrogens with one attached hydrogen (secondary N) is 1. The molecule has 0 saturated carbocycles. The minimum absolute atomic E-state index is 0.0860. The highest BCUT2D eigenvalue weighted by molar-refractivity contribution is 5.62. The first-order valence-corrected chi connectivity index (χ1v) is 7.25. The first-order valence-electron chi connectivity index (χ1n) is 7.25. The van der Waals surface area contributed by atoms with Gasteiger partial charge in [-0.05, 0) is 42.7 Å². The van der Waals surface area contributed by atoms with E-state index in [0.29, 0.717) is 30.2 Å². The fourth-order valence-corrected chi connectivity index (χ4v) is 2.33. The average molecular weight is 316 g/mol. The number of hydrogen-bond donors (Lipinski definition) is 1. The van der Waals surface area contributed by atoms with Crippen molar-refractivity contribution in [2.75, 3.05) is 26.1 Å². The topological polar surface area (TPSA) is 73.6 Å². The van der Waals surface area contributed by atoms with Gasteiger partial charge in [-0.15, -0.1) is 0 Å². The lowest BCUT2D eigenvalue weighted by molar-refractivity contribution is -0.384. The van der Waals surface area contributed by atoms with Crippen molar-refractivity contribution in [1.29, 1.82) is 0 Å². The molecule has 0 aliphatic heterocycles. The van der Waals surface area contributed by atoms with E-state index in [4.69, 9.17) is 9.47 Å². The third kappa shape index (κ3) is 4.12. The second-order valence-electron chi connectivity index (χ2n) is 5.14. The number of ether oxygens (including phenoxy) is 2. The van der Waals surface area contributed by atoms with E-state index >= 15 is 0 Å². The molecule has 2 rings (SSSR count). The lowest BCUT2D eigenvalue weighted by atomic mass is 10.1. The summed E-state index contributed by atoms with van der Waals surface area (Å²) in [6.07, 6.45) is 0.714. The number of rotatable bonds is 7. The van der Waals surface area contributed by atoms with Gasteiger partial charge in [0.05, 0.1) is 19.1 Å². The molecule has 1 N–H and O–H groups in total. The van der Waals surface area contributed by atoms with Crippen LogP contribution >= 0.6 is 0 Å². The van der Waals surface area contributed by atoms with Gasteiger partial charge in [-0.1, -0.05) is 12.1 Å². The minimum atomic E-state index is -0.377. The summed E-state index contributed by atoms with van der Waals surface area (Å²) in [5.74, 6) is 1.35. The molecule has 6 heteroatoms. The fourth-order valence-electron chi connectivity index (χ4n) is 2.33. The van der Waals surface area contributed by atoms with E-state index in [9.17, 15) is 10.1 Å². The van der Waals surface area contributed by atoms with E-state index in [1.54, 1.807) is 26.4 Å². The molecule has 23 heavy (non-hydrogen) atoms. The molecular formula is C17H20N2O4. The van der Waals surface area contributed by atoms with Gasteiger partial charge in [-0.2, -0.15) is 0 Å². The second-order valence-corrected chi connectivity index (χ2v) is 5.14. The summed E-state index contributed by atoms with van der Waals surface area (Å²) >= 11 is 0. The molecule has 6 nitrogen and oxygen atoms in total. The Balaban J connectivity index is 2.05. The van der Waals surface area contributed by atoms with Gasteiger partial charge in [0.1, 0.15) is 5.69 Å². The largest absolute Gasteiger partial charge is 0.493 e. The molecule has 122 valence electrons. The number of nitro groups is 1. The van der Waals surface area contributed by atoms with Crippen LogP contribution in [0.25, 0.3) is 0 Å². The molecule has 0 aliphatic rings. The average Bonchev–Trinajstić information content (AvgIpc) is 2.54. The van der Waals surface area contributed by atoms with Crippen LogP contribution in [0.4, 0.5) is 11.4 Å². The quantitative estimate of drug-likeness (QED) is 0.624. The Morgan fingerprint density at radius 3 is 2.48 bits per heavy atom. The van der Waals surface area contributed by atoms with Crippen molar-refractivity contribution in [3.8, 4) is 11.5 Å². The van der Waals surface area contributed by atoms with Crippen LogP contribution in [0.1, 0.15) is 11.1 Å². The predicted octanol–water partition coefficient (Wildman–Crippen LogP) is 3.58. The van der Waals surface area contributed by atoms with Crippen molar-refractivity contribution in [2.45, 2.75) is 13.3 Å². The number of nitro benzene ring substituents is 1. The normalized spacial score (nSPS) is 10.2. The minimum Gasteiger partial charge on any atom is -0.493 e. The lowest BCUT2D eigenvalue weighted by Crippen LogP contribution is -2.07. The second kappa shape index (κ2) is 7.49. The van der Waals surface area contributed by atoms with Gasteiger partial charge in [0.25, 0.3) is 5.69 Å². The van der Waals surface area contributed by atoms with Crippen LogP contribution < -0.4 is 14.8 Å². The SMILES string of the molecule is COc1ccc(CCNc2cc(C)ccc2[N+](=O)[O-])cc1OC. The van der Waals surface area contributed by atoms with Crippen molar-refractivity contribution in [1.82, 2.24) is 0 Å². The van der Waals surface area contributed by atoms with Gasteiger partial charge in [0.2, 0.25) is 0 Å². The van der Waals surface area contributed by atoms with E-state index in [1.807, 2.05) is 25.1 Å². The number of methoxy groups -OCH3 is 2. The fraction of sp³-hybridized carbons (Fsp3) is 0.294. The Kier molecular flexibility index (Phi) is 5.41. The summed E-state index contributed by atoms with van der Waals surface area (Å²) in [7, 11) is 3.19. The Morgan fingerprint density at radius 2 is 1.83 bits per heavy atom. The molecule has 0 unspecified atom stereocenters. The first kappa shape index (κ1) is 16.6. The van der Waals surface area contributed by atoms with Crippen LogP contribution in [-0.4, -0.2) is 25.7 Å². The van der Waals surface area contributed by atoms with Crippen molar-refractivity contribution in [3.63, 3.8) is 0 Å². The molecule has 0 radical (unpaired) electrons. The number of hydrogen-bond acceptors (Lipinski definition) is 5. The number of anilines is 1. The summed E-state index contributed by atoms with van der Waals surface area (Å²) in [5, 5.41) is 14.2. The highest BCUT2D eigenvalue weighted by atomic mass is 16.6. The number of aryl methyl sites for hydroxylation is 1. The molecule has 0 aromatic heterocycles. The highest BCUT2D eigenvalue weighted by Gasteiger charge is 2.13.